The van der Waals surface area contributed by atoms with Crippen LogP contribution in [0, 0.1) is 0 Å². The van der Waals surface area contributed by atoms with Crippen LogP contribution in [-0.2, 0) is 75.7 Å². The van der Waals surface area contributed by atoms with Crippen LogP contribution in [0.15, 0.2) is 152 Å². The molecule has 12 heteroatoms. The summed E-state index contributed by atoms with van der Waals surface area (Å²) in [5.74, 6) is -0.363. The van der Waals surface area contributed by atoms with Gasteiger partial charge in [-0.25, -0.2) is 0 Å². The molecule has 5 aromatic carbocycles. The number of hydrogen-bond acceptors (Lipinski definition) is 11. The average molecular weight is 834 g/mol. The van der Waals surface area contributed by atoms with E-state index in [2.05, 4.69) is 5.32 Å². The molecule has 322 valence electrons. The second-order valence-corrected chi connectivity index (χ2v) is 15.1. The van der Waals surface area contributed by atoms with Crippen molar-refractivity contribution in [3.8, 4) is 0 Å². The third-order valence-electron chi connectivity index (χ3n) is 10.7. The zero-order valence-electron chi connectivity index (χ0n) is 34.2. The van der Waals surface area contributed by atoms with Gasteiger partial charge in [0.1, 0.15) is 48.8 Å². The highest BCUT2D eigenvalue weighted by Crippen LogP contribution is 2.35. The molecule has 2 heterocycles. The summed E-state index contributed by atoms with van der Waals surface area (Å²) in [7, 11) is 0. The molecule has 2 aliphatic heterocycles. The van der Waals surface area contributed by atoms with Gasteiger partial charge in [0.15, 0.2) is 12.6 Å². The lowest BCUT2D eigenvalue weighted by Gasteiger charge is -2.50. The summed E-state index contributed by atoms with van der Waals surface area (Å²) in [5.41, 5.74) is 4.49. The van der Waals surface area contributed by atoms with E-state index in [1.807, 2.05) is 152 Å². The Kier molecular flexibility index (Phi) is 16.6. The van der Waals surface area contributed by atoms with Gasteiger partial charge in [0.2, 0.25) is 5.91 Å². The number of aliphatic hydroxyl groups excluding tert-OH is 2. The quantitative estimate of drug-likeness (QED) is 0.0867. The molecule has 0 radical (unpaired) electrons. The zero-order chi connectivity index (χ0) is 42.2. The first-order chi connectivity index (χ1) is 30.0. The standard InChI is InChI=1S/C49H55NO11/c1-34(53)50-42-45(56-31-37-21-11-4-12-22-37)43(54-29-35-17-7-2-8-18-35)40(27-51)59-48(42)61-46-44(55-30-36-19-9-3-10-20-36)41(28-52)60-49(58-33-39-25-15-6-16-26-39)47(46)57-32-38-23-13-5-14-24-38/h2-26,40-49,51-52H,27-33H2,1H3,(H,50,53)/t40-,41-,42-,43-,44+,45-,46+,47-,48+,49-/m1/s1. The largest absolute Gasteiger partial charge is 0.394 e. The van der Waals surface area contributed by atoms with E-state index in [1.54, 1.807) is 0 Å². The van der Waals surface area contributed by atoms with Crippen molar-refractivity contribution in [2.45, 2.75) is 101 Å². The Labute approximate surface area is 357 Å². The topological polar surface area (TPSA) is 143 Å². The van der Waals surface area contributed by atoms with E-state index in [0.717, 1.165) is 27.8 Å². The summed E-state index contributed by atoms with van der Waals surface area (Å²) >= 11 is 0. The van der Waals surface area contributed by atoms with E-state index in [4.69, 9.17) is 37.9 Å². The second kappa shape index (κ2) is 22.9. The molecule has 0 aliphatic carbocycles. The Bertz CT molecular complexity index is 2000. The molecule has 2 aliphatic rings. The minimum atomic E-state index is -1.25. The van der Waals surface area contributed by atoms with Crippen LogP contribution in [-0.4, -0.2) is 90.7 Å². The molecule has 61 heavy (non-hydrogen) atoms. The summed E-state index contributed by atoms with van der Waals surface area (Å²) in [6.07, 6.45) is -8.84. The lowest BCUT2D eigenvalue weighted by molar-refractivity contribution is -0.363. The Morgan fingerprint density at radius 2 is 0.787 bits per heavy atom. The number of carbonyl (C=O) groups excluding carboxylic acids is 1. The maximum atomic E-state index is 13.1. The molecule has 0 spiro atoms. The minimum Gasteiger partial charge on any atom is -0.394 e. The van der Waals surface area contributed by atoms with E-state index in [0.29, 0.717) is 0 Å². The molecule has 0 saturated carbocycles. The molecule has 12 nitrogen and oxygen atoms in total. The molecule has 7 rings (SSSR count). The molecule has 0 unspecified atom stereocenters. The molecule has 3 N–H and O–H groups in total. The van der Waals surface area contributed by atoms with E-state index in [-0.39, 0.29) is 38.9 Å². The summed E-state index contributed by atoms with van der Waals surface area (Å²) in [6.45, 7) is 1.37. The maximum Gasteiger partial charge on any atom is 0.217 e. The highest BCUT2D eigenvalue weighted by Gasteiger charge is 2.54. The van der Waals surface area contributed by atoms with Crippen molar-refractivity contribution in [3.63, 3.8) is 0 Å². The van der Waals surface area contributed by atoms with Crippen LogP contribution < -0.4 is 5.32 Å². The maximum absolute atomic E-state index is 13.1. The lowest BCUT2D eigenvalue weighted by atomic mass is 9.94. The highest BCUT2D eigenvalue weighted by molar-refractivity contribution is 5.73. The van der Waals surface area contributed by atoms with Crippen LogP contribution in [0.3, 0.4) is 0 Å². The predicted octanol–water partition coefficient (Wildman–Crippen LogP) is 5.87. The monoisotopic (exact) mass is 833 g/mol. The Hall–Kier alpha value is -4.83. The van der Waals surface area contributed by atoms with Crippen molar-refractivity contribution >= 4 is 5.91 Å². The number of rotatable bonds is 20. The van der Waals surface area contributed by atoms with Crippen LogP contribution in [0.1, 0.15) is 34.7 Å². The fraction of sp³-hybridized carbons (Fsp3) is 0.367. The zero-order valence-corrected chi connectivity index (χ0v) is 34.2. The van der Waals surface area contributed by atoms with Gasteiger partial charge in [-0.1, -0.05) is 152 Å². The second-order valence-electron chi connectivity index (χ2n) is 15.1. The molecular formula is C49H55NO11. The van der Waals surface area contributed by atoms with E-state index in [1.165, 1.54) is 6.92 Å². The van der Waals surface area contributed by atoms with Crippen molar-refractivity contribution in [3.05, 3.63) is 179 Å². The van der Waals surface area contributed by atoms with Crippen LogP contribution in [0.4, 0.5) is 0 Å². The number of benzene rings is 5. The first-order valence-corrected chi connectivity index (χ1v) is 20.7. The minimum absolute atomic E-state index is 0.157. The molecular weight excluding hydrogens is 779 g/mol. The number of ether oxygens (including phenoxy) is 8. The molecule has 0 aromatic heterocycles. The van der Waals surface area contributed by atoms with Gasteiger partial charge in [-0.3, -0.25) is 4.79 Å². The molecule has 10 atom stereocenters. The summed E-state index contributed by atoms with van der Waals surface area (Å²) < 4.78 is 53.3. The number of aliphatic hydroxyl groups is 2. The van der Waals surface area contributed by atoms with Gasteiger partial charge >= 0.3 is 0 Å². The van der Waals surface area contributed by atoms with Crippen molar-refractivity contribution in [1.82, 2.24) is 5.32 Å². The average Bonchev–Trinajstić information content (AvgIpc) is 3.30. The highest BCUT2D eigenvalue weighted by atomic mass is 16.7. The SMILES string of the molecule is CC(=O)N[C@H]1[C@H](O[C@H]2[C@@H](OCc3ccccc3)[C@@H](CO)O[C@@H](OCc3ccccc3)[C@@H]2OCc2ccccc2)O[C@H](CO)[C@@H](OCc2ccccc2)[C@@H]1OCc1ccccc1. The van der Waals surface area contributed by atoms with Crippen LogP contribution in [0.2, 0.25) is 0 Å². The summed E-state index contributed by atoms with van der Waals surface area (Å²) in [4.78, 5) is 13.1. The van der Waals surface area contributed by atoms with Crippen LogP contribution in [0.5, 0.6) is 0 Å². The summed E-state index contributed by atoms with van der Waals surface area (Å²) in [6, 6.07) is 47.3. The molecule has 2 fully saturated rings. The molecule has 2 saturated heterocycles. The van der Waals surface area contributed by atoms with Gasteiger partial charge in [0.25, 0.3) is 0 Å². The molecule has 5 aromatic rings. The van der Waals surface area contributed by atoms with E-state index >= 15 is 0 Å². The molecule has 0 bridgehead atoms. The number of amides is 1. The Morgan fingerprint density at radius 3 is 1.16 bits per heavy atom. The lowest BCUT2D eigenvalue weighted by Crippen LogP contribution is -2.69. The van der Waals surface area contributed by atoms with Gasteiger partial charge < -0.3 is 53.4 Å². The van der Waals surface area contributed by atoms with Crippen molar-refractivity contribution < 1.29 is 52.9 Å². The Balaban J connectivity index is 1.26. The van der Waals surface area contributed by atoms with Crippen LogP contribution >= 0.6 is 0 Å². The van der Waals surface area contributed by atoms with Crippen molar-refractivity contribution in [2.24, 2.45) is 0 Å². The number of hydrogen-bond donors (Lipinski definition) is 3. The number of carbonyl (C=O) groups is 1. The van der Waals surface area contributed by atoms with Gasteiger partial charge in [-0.05, 0) is 27.8 Å². The number of nitrogens with one attached hydrogen (secondary N) is 1. The van der Waals surface area contributed by atoms with Gasteiger partial charge in [-0.15, -0.1) is 0 Å². The van der Waals surface area contributed by atoms with Gasteiger partial charge in [-0.2, -0.15) is 0 Å². The first kappa shape index (κ1) is 44.2. The van der Waals surface area contributed by atoms with Crippen LogP contribution in [0.25, 0.3) is 0 Å². The van der Waals surface area contributed by atoms with Crippen molar-refractivity contribution in [1.29, 1.82) is 0 Å². The normalized spacial score (nSPS) is 26.4. The fourth-order valence-electron chi connectivity index (χ4n) is 7.62. The van der Waals surface area contributed by atoms with Gasteiger partial charge in [0, 0.05) is 6.92 Å². The van der Waals surface area contributed by atoms with Crippen molar-refractivity contribution in [2.75, 3.05) is 13.2 Å². The Morgan fingerprint density at radius 1 is 0.459 bits per heavy atom. The summed E-state index contributed by atoms with van der Waals surface area (Å²) in [5, 5.41) is 24.9. The first-order valence-electron chi connectivity index (χ1n) is 20.7. The van der Waals surface area contributed by atoms with Gasteiger partial charge in [0.05, 0.1) is 46.2 Å². The van der Waals surface area contributed by atoms with E-state index < -0.39 is 74.6 Å². The van der Waals surface area contributed by atoms with E-state index in [9.17, 15) is 15.0 Å². The third-order valence-corrected chi connectivity index (χ3v) is 10.7. The fourth-order valence-corrected chi connectivity index (χ4v) is 7.62. The predicted molar refractivity (Wildman–Crippen MR) is 225 cm³/mol. The molecule has 1 amide bonds. The smallest absolute Gasteiger partial charge is 0.217 e. The third kappa shape index (κ3) is 12.4.